The standard InChI is InChI=1S/C6H10N2O2S2.2ClH/c9-5(11)7-1-2-8(4-3-7)6(10)12;;/h1-4H2,(H,9,11)(H,10,12);2*1H. The van der Waals surface area contributed by atoms with Crippen LogP contribution >= 0.6 is 50.1 Å². The first-order valence-corrected chi connectivity index (χ1v) is 4.46. The Morgan fingerprint density at radius 2 is 1.00 bits per heavy atom. The molecule has 0 bridgehead atoms. The van der Waals surface area contributed by atoms with Crippen molar-refractivity contribution in [3.05, 3.63) is 0 Å². The maximum Gasteiger partial charge on any atom is 0.278 e. The Balaban J connectivity index is 0. The SMILES string of the molecule is Cl.Cl.O=C(S)N1CCN(C(=O)S)CC1. The minimum atomic E-state index is -0.235. The molecule has 0 aromatic rings. The number of carbonyl (C=O) groups excluding carboxylic acids is 2. The van der Waals surface area contributed by atoms with Gasteiger partial charge in [-0.3, -0.25) is 9.59 Å². The number of hydrogen-bond acceptors (Lipinski definition) is 2. The lowest BCUT2D eigenvalue weighted by Crippen LogP contribution is -2.47. The summed E-state index contributed by atoms with van der Waals surface area (Å²) in [5, 5.41) is -0.470. The van der Waals surface area contributed by atoms with E-state index in [4.69, 9.17) is 0 Å². The summed E-state index contributed by atoms with van der Waals surface area (Å²) in [6, 6.07) is 0. The van der Waals surface area contributed by atoms with Crippen LogP contribution in [-0.4, -0.2) is 46.5 Å². The minimum absolute atomic E-state index is 0. The Morgan fingerprint density at radius 1 is 0.786 bits per heavy atom. The zero-order chi connectivity index (χ0) is 9.14. The third-order valence-electron chi connectivity index (χ3n) is 1.82. The third-order valence-corrected chi connectivity index (χ3v) is 2.39. The van der Waals surface area contributed by atoms with E-state index in [1.54, 1.807) is 9.80 Å². The van der Waals surface area contributed by atoms with Crippen molar-refractivity contribution in [3.8, 4) is 0 Å². The van der Waals surface area contributed by atoms with Crippen molar-refractivity contribution < 1.29 is 9.59 Å². The molecule has 0 radical (unpaired) electrons. The topological polar surface area (TPSA) is 40.6 Å². The fraction of sp³-hybridized carbons (Fsp3) is 0.667. The van der Waals surface area contributed by atoms with Crippen molar-refractivity contribution in [1.29, 1.82) is 0 Å². The van der Waals surface area contributed by atoms with Crippen molar-refractivity contribution in [2.75, 3.05) is 26.2 Å². The Bertz CT molecular complexity index is 188. The molecular weight excluding hydrogens is 267 g/mol. The van der Waals surface area contributed by atoms with E-state index >= 15 is 0 Å². The number of halogens is 2. The van der Waals surface area contributed by atoms with Gasteiger partial charge in [-0.1, -0.05) is 25.3 Å². The third kappa shape index (κ3) is 4.63. The fourth-order valence-corrected chi connectivity index (χ4v) is 1.49. The van der Waals surface area contributed by atoms with Crippen molar-refractivity contribution >= 4 is 60.6 Å². The van der Waals surface area contributed by atoms with E-state index in [2.05, 4.69) is 25.3 Å². The summed E-state index contributed by atoms with van der Waals surface area (Å²) in [4.78, 5) is 24.7. The predicted molar refractivity (Wildman–Crippen MR) is 66.4 cm³/mol. The number of nitrogens with zero attached hydrogens (tertiary/aromatic N) is 2. The van der Waals surface area contributed by atoms with Gasteiger partial charge in [0.15, 0.2) is 0 Å². The molecule has 8 heteroatoms. The van der Waals surface area contributed by atoms with Gasteiger partial charge in [0.05, 0.1) is 0 Å². The first kappa shape index (κ1) is 16.6. The van der Waals surface area contributed by atoms with E-state index in [1.165, 1.54) is 0 Å². The zero-order valence-corrected chi connectivity index (χ0v) is 10.7. The lowest BCUT2D eigenvalue weighted by molar-refractivity contribution is 0.168. The minimum Gasteiger partial charge on any atom is -0.330 e. The van der Waals surface area contributed by atoms with Gasteiger partial charge in [0.2, 0.25) is 0 Å². The van der Waals surface area contributed by atoms with Crippen LogP contribution in [0.2, 0.25) is 0 Å². The monoisotopic (exact) mass is 278 g/mol. The number of hydrogen-bond donors (Lipinski definition) is 2. The molecule has 14 heavy (non-hydrogen) atoms. The average Bonchev–Trinajstić information content (AvgIpc) is 2.04. The number of thiol groups is 2. The molecule has 0 unspecified atom stereocenters. The summed E-state index contributed by atoms with van der Waals surface area (Å²) in [5.74, 6) is 0. The highest BCUT2D eigenvalue weighted by molar-refractivity contribution is 7.96. The van der Waals surface area contributed by atoms with Gasteiger partial charge in [-0.15, -0.1) is 24.8 Å². The van der Waals surface area contributed by atoms with Crippen molar-refractivity contribution in [2.45, 2.75) is 0 Å². The maximum atomic E-state index is 10.7. The number of piperazine rings is 1. The van der Waals surface area contributed by atoms with Gasteiger partial charge >= 0.3 is 0 Å². The van der Waals surface area contributed by atoms with Crippen LogP contribution in [0.25, 0.3) is 0 Å². The van der Waals surface area contributed by atoms with Crippen LogP contribution in [0.15, 0.2) is 0 Å². The largest absolute Gasteiger partial charge is 0.330 e. The summed E-state index contributed by atoms with van der Waals surface area (Å²) < 4.78 is 0. The normalized spacial score (nSPS) is 15.3. The van der Waals surface area contributed by atoms with Gasteiger partial charge in [-0.2, -0.15) is 0 Å². The Kier molecular flexibility index (Phi) is 8.92. The molecule has 1 saturated heterocycles. The fourth-order valence-electron chi connectivity index (χ4n) is 1.09. The number of rotatable bonds is 0. The van der Waals surface area contributed by atoms with E-state index in [9.17, 15) is 9.59 Å². The van der Waals surface area contributed by atoms with Crippen LogP contribution in [0.3, 0.4) is 0 Å². The number of amides is 2. The smallest absolute Gasteiger partial charge is 0.278 e. The summed E-state index contributed by atoms with van der Waals surface area (Å²) in [6.07, 6.45) is 0. The zero-order valence-electron chi connectivity index (χ0n) is 7.25. The molecular formula is C6H12Cl2N2O2S2. The lowest BCUT2D eigenvalue weighted by Gasteiger charge is -2.32. The van der Waals surface area contributed by atoms with Crippen LogP contribution in [0.5, 0.6) is 0 Å². The molecule has 4 nitrogen and oxygen atoms in total. The van der Waals surface area contributed by atoms with Gasteiger partial charge in [-0.25, -0.2) is 0 Å². The molecule has 0 atom stereocenters. The maximum absolute atomic E-state index is 10.7. The van der Waals surface area contributed by atoms with E-state index in [0.717, 1.165) is 0 Å². The molecule has 1 rings (SSSR count). The highest BCUT2D eigenvalue weighted by Crippen LogP contribution is 2.06. The van der Waals surface area contributed by atoms with E-state index in [-0.39, 0.29) is 35.3 Å². The van der Waals surface area contributed by atoms with Crippen molar-refractivity contribution in [2.24, 2.45) is 0 Å². The second-order valence-electron chi connectivity index (χ2n) is 2.54. The first-order chi connectivity index (χ1) is 5.61. The van der Waals surface area contributed by atoms with Gasteiger partial charge < -0.3 is 9.80 Å². The first-order valence-electron chi connectivity index (χ1n) is 3.57. The van der Waals surface area contributed by atoms with E-state index in [1.807, 2.05) is 0 Å². The second-order valence-corrected chi connectivity index (χ2v) is 3.30. The molecule has 1 fully saturated rings. The van der Waals surface area contributed by atoms with E-state index < -0.39 is 0 Å². The molecule has 0 aromatic carbocycles. The summed E-state index contributed by atoms with van der Waals surface area (Å²) in [5.41, 5.74) is 0. The quantitative estimate of drug-likeness (QED) is 0.660. The highest BCUT2D eigenvalue weighted by Gasteiger charge is 2.20. The molecule has 2 amide bonds. The van der Waals surface area contributed by atoms with Gasteiger partial charge in [-0.05, 0) is 0 Å². The van der Waals surface area contributed by atoms with Crippen LogP contribution in [0.4, 0.5) is 9.59 Å². The molecule has 0 aliphatic carbocycles. The van der Waals surface area contributed by atoms with Crippen LogP contribution in [0.1, 0.15) is 0 Å². The van der Waals surface area contributed by atoms with Crippen LogP contribution in [-0.2, 0) is 0 Å². The molecule has 1 aliphatic heterocycles. The van der Waals surface area contributed by atoms with Crippen molar-refractivity contribution in [1.82, 2.24) is 9.80 Å². The molecule has 1 aliphatic rings. The summed E-state index contributed by atoms with van der Waals surface area (Å²) in [6.45, 7) is 2.20. The average molecular weight is 279 g/mol. The van der Waals surface area contributed by atoms with Crippen molar-refractivity contribution in [3.63, 3.8) is 0 Å². The molecule has 0 spiro atoms. The van der Waals surface area contributed by atoms with Crippen LogP contribution < -0.4 is 0 Å². The molecule has 0 N–H and O–H groups in total. The molecule has 1 heterocycles. The van der Waals surface area contributed by atoms with Gasteiger partial charge in [0.25, 0.3) is 10.5 Å². The summed E-state index contributed by atoms with van der Waals surface area (Å²) in [7, 11) is 0. The lowest BCUT2D eigenvalue weighted by atomic mass is 10.3. The van der Waals surface area contributed by atoms with Gasteiger partial charge in [0.1, 0.15) is 0 Å². The number of carbonyl (C=O) groups is 2. The van der Waals surface area contributed by atoms with E-state index in [0.29, 0.717) is 26.2 Å². The Labute approximate surface area is 106 Å². The van der Waals surface area contributed by atoms with Crippen LogP contribution in [0, 0.1) is 0 Å². The molecule has 0 aromatic heterocycles. The second kappa shape index (κ2) is 7.50. The Hall–Kier alpha value is 0.220. The Morgan fingerprint density at radius 3 is 1.14 bits per heavy atom. The molecule has 84 valence electrons. The summed E-state index contributed by atoms with van der Waals surface area (Å²) >= 11 is 7.37. The van der Waals surface area contributed by atoms with Gasteiger partial charge in [0, 0.05) is 26.2 Å². The highest BCUT2D eigenvalue weighted by atomic mass is 35.5. The molecule has 0 saturated carbocycles. The predicted octanol–water partition coefficient (Wildman–Crippen LogP) is 1.55.